The van der Waals surface area contributed by atoms with Crippen LogP contribution in [0.2, 0.25) is 10.0 Å². The highest BCUT2D eigenvalue weighted by Gasteiger charge is 2.48. The number of hydrogen-bond acceptors (Lipinski definition) is 4. The van der Waals surface area contributed by atoms with Crippen LogP contribution in [0.3, 0.4) is 0 Å². The molecule has 2 unspecified atom stereocenters. The minimum atomic E-state index is -0.447. The molecule has 2 heterocycles. The van der Waals surface area contributed by atoms with Crippen molar-refractivity contribution < 1.29 is 9.59 Å². The van der Waals surface area contributed by atoms with Crippen molar-refractivity contribution in [2.24, 2.45) is 0 Å². The van der Waals surface area contributed by atoms with Crippen LogP contribution in [0.15, 0.2) is 42.5 Å². The Bertz CT molecular complexity index is 1160. The van der Waals surface area contributed by atoms with Gasteiger partial charge in [0.25, 0.3) is 5.91 Å². The van der Waals surface area contributed by atoms with Crippen LogP contribution in [-0.2, 0) is 4.79 Å². The molecule has 0 saturated carbocycles. The van der Waals surface area contributed by atoms with Gasteiger partial charge in [-0.05, 0) is 94.9 Å². The molecule has 2 aromatic carbocycles. The highest BCUT2D eigenvalue weighted by Crippen LogP contribution is 2.37. The maximum absolute atomic E-state index is 13.7. The quantitative estimate of drug-likeness (QED) is 0.391. The smallest absolute Gasteiger partial charge is 0.253 e. The average molecular weight is 588 g/mol. The molecule has 0 spiro atoms. The molecule has 2 aliphatic rings. The molecule has 0 aliphatic carbocycles. The molecule has 2 aliphatic heterocycles. The van der Waals surface area contributed by atoms with Gasteiger partial charge in [0.05, 0.1) is 10.0 Å². The highest BCUT2D eigenvalue weighted by molar-refractivity contribution is 6.42. The number of likely N-dealkylation sites (tertiary alicyclic amines) is 1. The number of aryl methyl sites for hydroxylation is 1. The van der Waals surface area contributed by atoms with E-state index in [9.17, 15) is 9.59 Å². The monoisotopic (exact) mass is 586 g/mol. The van der Waals surface area contributed by atoms with E-state index in [0.29, 0.717) is 28.2 Å². The van der Waals surface area contributed by atoms with E-state index >= 15 is 0 Å². The van der Waals surface area contributed by atoms with Gasteiger partial charge in [-0.15, -0.1) is 0 Å². The number of halogens is 2. The van der Waals surface area contributed by atoms with Gasteiger partial charge in [-0.1, -0.05) is 53.4 Å². The molecular formula is C32H44Cl2N4O2. The van der Waals surface area contributed by atoms with E-state index in [-0.39, 0.29) is 17.7 Å². The van der Waals surface area contributed by atoms with Gasteiger partial charge in [0.1, 0.15) is 5.54 Å². The van der Waals surface area contributed by atoms with Gasteiger partial charge in [-0.25, -0.2) is 0 Å². The zero-order valence-corrected chi connectivity index (χ0v) is 25.9. The van der Waals surface area contributed by atoms with Gasteiger partial charge in [-0.3, -0.25) is 14.5 Å². The molecule has 1 N–H and O–H groups in total. The van der Waals surface area contributed by atoms with Crippen LogP contribution < -0.4 is 5.32 Å². The number of nitrogens with one attached hydrogen (secondary N) is 1. The summed E-state index contributed by atoms with van der Waals surface area (Å²) in [5.74, 6) is 0.325. The minimum Gasteiger partial charge on any atom is -0.347 e. The van der Waals surface area contributed by atoms with E-state index in [4.69, 9.17) is 23.2 Å². The zero-order valence-electron chi connectivity index (χ0n) is 24.4. The van der Waals surface area contributed by atoms with E-state index in [1.54, 1.807) is 4.90 Å². The first-order chi connectivity index (χ1) is 19.1. The first-order valence-corrected chi connectivity index (χ1v) is 15.3. The summed E-state index contributed by atoms with van der Waals surface area (Å²) < 4.78 is 0. The summed E-state index contributed by atoms with van der Waals surface area (Å²) in [6, 6.07) is 13.9. The van der Waals surface area contributed by atoms with Crippen LogP contribution in [-0.4, -0.2) is 85.4 Å². The number of carbonyl (C=O) groups is 2. The van der Waals surface area contributed by atoms with Gasteiger partial charge in [-0.2, -0.15) is 0 Å². The van der Waals surface area contributed by atoms with E-state index in [1.807, 2.05) is 75.4 Å². The van der Waals surface area contributed by atoms with E-state index < -0.39 is 5.54 Å². The van der Waals surface area contributed by atoms with Crippen molar-refractivity contribution in [1.82, 2.24) is 20.0 Å². The maximum atomic E-state index is 13.7. The molecule has 2 saturated heterocycles. The Labute approximate surface area is 250 Å². The molecular weight excluding hydrogens is 543 g/mol. The minimum absolute atomic E-state index is 0.00888. The topological polar surface area (TPSA) is 55.9 Å². The van der Waals surface area contributed by atoms with Crippen LogP contribution in [0.5, 0.6) is 0 Å². The van der Waals surface area contributed by atoms with Crippen molar-refractivity contribution in [3.8, 4) is 0 Å². The Hall–Kier alpha value is -2.12. The summed E-state index contributed by atoms with van der Waals surface area (Å²) in [7, 11) is 5.64. The lowest BCUT2D eigenvalue weighted by Gasteiger charge is -2.51. The van der Waals surface area contributed by atoms with Crippen molar-refractivity contribution in [3.63, 3.8) is 0 Å². The fourth-order valence-corrected chi connectivity index (χ4v) is 6.90. The zero-order chi connectivity index (χ0) is 28.9. The lowest BCUT2D eigenvalue weighted by Crippen LogP contribution is -2.66. The summed E-state index contributed by atoms with van der Waals surface area (Å²) in [5, 5.41) is 4.52. The van der Waals surface area contributed by atoms with Crippen molar-refractivity contribution in [2.45, 2.75) is 69.4 Å². The number of nitrogens with zero attached hydrogens (tertiary/aromatic N) is 3. The molecule has 0 bridgehead atoms. The lowest BCUT2D eigenvalue weighted by molar-refractivity contribution is -0.148. The Kier molecular flexibility index (Phi) is 10.6. The molecule has 218 valence electrons. The molecule has 6 nitrogen and oxygen atoms in total. The van der Waals surface area contributed by atoms with E-state index in [0.717, 1.165) is 69.3 Å². The molecule has 0 aromatic heterocycles. The molecule has 2 amide bonds. The van der Waals surface area contributed by atoms with Gasteiger partial charge in [0.2, 0.25) is 5.91 Å². The van der Waals surface area contributed by atoms with Crippen LogP contribution in [0.1, 0.15) is 72.3 Å². The predicted octanol–water partition coefficient (Wildman–Crippen LogP) is 6.00. The number of piperidine rings is 2. The van der Waals surface area contributed by atoms with E-state index in [1.165, 1.54) is 6.42 Å². The molecule has 2 aromatic rings. The largest absolute Gasteiger partial charge is 0.347 e. The second-order valence-corrected chi connectivity index (χ2v) is 12.6. The first-order valence-electron chi connectivity index (χ1n) is 14.6. The first kappa shape index (κ1) is 30.8. The Morgan fingerprint density at radius 3 is 2.38 bits per heavy atom. The molecule has 2 fully saturated rings. The Balaban J connectivity index is 1.56. The molecule has 40 heavy (non-hydrogen) atoms. The number of carbonyl (C=O) groups excluding carboxylic acids is 2. The Morgan fingerprint density at radius 2 is 1.73 bits per heavy atom. The standard InChI is InChI=1S/C32H44Cl2N4O2/c1-23-8-10-24(11-9-23)30(39)37(4)22-26(25-13-15-28(33)29(34)21-25)12-14-27-7-5-6-20-38(27)32(31(40)36(2)3)16-18-35-19-17-32/h8-11,13,15,21,26-27,35H,5-7,12,14,16-20,22H2,1-4H3. The third-order valence-corrected chi connectivity index (χ3v) is 9.55. The fourth-order valence-electron chi connectivity index (χ4n) is 6.60. The van der Waals surface area contributed by atoms with Crippen molar-refractivity contribution in [2.75, 3.05) is 47.3 Å². The van der Waals surface area contributed by atoms with Crippen LogP contribution in [0.25, 0.3) is 0 Å². The van der Waals surface area contributed by atoms with Crippen molar-refractivity contribution >= 4 is 35.0 Å². The Morgan fingerprint density at radius 1 is 1.02 bits per heavy atom. The summed E-state index contributed by atoms with van der Waals surface area (Å²) in [6.45, 7) is 5.27. The number of benzene rings is 2. The van der Waals surface area contributed by atoms with Crippen molar-refractivity contribution in [1.29, 1.82) is 0 Å². The van der Waals surface area contributed by atoms with Gasteiger partial charge in [0, 0.05) is 45.2 Å². The normalized spacial score (nSPS) is 20.1. The number of likely N-dealkylation sites (N-methyl/N-ethyl adjacent to an activating group) is 2. The lowest BCUT2D eigenvalue weighted by atomic mass is 9.80. The molecule has 0 radical (unpaired) electrons. The summed E-state index contributed by atoms with van der Waals surface area (Å²) in [5.41, 5.74) is 2.46. The highest BCUT2D eigenvalue weighted by atomic mass is 35.5. The van der Waals surface area contributed by atoms with Crippen LogP contribution in [0.4, 0.5) is 0 Å². The summed E-state index contributed by atoms with van der Waals surface area (Å²) >= 11 is 12.7. The van der Waals surface area contributed by atoms with Crippen LogP contribution >= 0.6 is 23.2 Å². The summed E-state index contributed by atoms with van der Waals surface area (Å²) in [4.78, 5) is 33.1. The number of rotatable bonds is 9. The van der Waals surface area contributed by atoms with E-state index in [2.05, 4.69) is 10.2 Å². The number of hydrogen-bond donors (Lipinski definition) is 1. The number of amides is 2. The maximum Gasteiger partial charge on any atom is 0.253 e. The van der Waals surface area contributed by atoms with Gasteiger partial charge >= 0.3 is 0 Å². The third-order valence-electron chi connectivity index (χ3n) is 8.81. The fraction of sp³-hybridized carbons (Fsp3) is 0.562. The third kappa shape index (κ3) is 7.02. The molecule has 2 atom stereocenters. The second kappa shape index (κ2) is 13.7. The average Bonchev–Trinajstić information content (AvgIpc) is 2.96. The summed E-state index contributed by atoms with van der Waals surface area (Å²) in [6.07, 6.45) is 6.89. The second-order valence-electron chi connectivity index (χ2n) is 11.8. The van der Waals surface area contributed by atoms with Gasteiger partial charge < -0.3 is 15.1 Å². The van der Waals surface area contributed by atoms with Crippen molar-refractivity contribution in [3.05, 3.63) is 69.2 Å². The molecule has 4 rings (SSSR count). The molecule has 8 heteroatoms. The van der Waals surface area contributed by atoms with Crippen LogP contribution in [0, 0.1) is 6.92 Å². The van der Waals surface area contributed by atoms with Gasteiger partial charge in [0.15, 0.2) is 0 Å². The predicted molar refractivity (Wildman–Crippen MR) is 164 cm³/mol. The SMILES string of the molecule is Cc1ccc(C(=O)N(C)CC(CCC2CCCCN2C2(C(=O)N(C)C)CCNCC2)c2ccc(Cl)c(Cl)c2)cc1.